The molecule has 12 rings (SSSR count). The number of pyridine rings is 6. The maximum Gasteiger partial charge on any atom is 2.00 e. The van der Waals surface area contributed by atoms with Crippen molar-refractivity contribution in [2.24, 2.45) is 0 Å². The van der Waals surface area contributed by atoms with E-state index in [-0.39, 0.29) is 38.9 Å². The first-order valence-corrected chi connectivity index (χ1v) is 37.7. The summed E-state index contributed by atoms with van der Waals surface area (Å²) in [6.07, 6.45) is 11.0. The molecule has 0 fully saturated rings. The summed E-state index contributed by atoms with van der Waals surface area (Å²) >= 11 is 0. The minimum atomic E-state index is -10.7. The van der Waals surface area contributed by atoms with Crippen molar-refractivity contribution >= 4 is 67.8 Å². The SMILES string of the molecule is CCOC(C)=O.Cc1cc(C)c(B(c2ccc(-c3ccc(-c4ccc(-c5ccc(B(c6c(C)cc(C)cc6C)c6c(C)cc(C)cc6C)cc5)cn4)nc3)cc2)c2c(C)cc(C)cc2C)c(C)c1.F[P-](F)(F)(F)(F)F.F[P-](F)(F)(F)(F)F.[Ru+2].c1ccc(-c2ccccn2)nc1.c1ccc(-c2ccccn2)nc1. The Labute approximate surface area is 631 Å². The summed E-state index contributed by atoms with van der Waals surface area (Å²) in [5.41, 5.74) is 34.0. The van der Waals surface area contributed by atoms with Gasteiger partial charge in [0.1, 0.15) is 0 Å². The number of carbonyl (C=O) groups is 1. The fraction of sp³-hybridized carbons (Fsp3) is 0.183. The van der Waals surface area contributed by atoms with Crippen LogP contribution in [0.25, 0.3) is 56.4 Å². The number of nitrogens with zero attached hydrogens (tertiary/aromatic N) is 6. The van der Waals surface area contributed by atoms with Crippen LogP contribution in [-0.2, 0) is 29.0 Å². The number of carbonyl (C=O) groups excluding carboxylic acids is 1. The van der Waals surface area contributed by atoms with E-state index in [4.69, 9.17) is 9.97 Å². The van der Waals surface area contributed by atoms with Gasteiger partial charge in [-0.3, -0.25) is 34.7 Å². The summed E-state index contributed by atoms with van der Waals surface area (Å²) < 4.78 is 123. The van der Waals surface area contributed by atoms with Gasteiger partial charge in [0.25, 0.3) is 0 Å². The van der Waals surface area contributed by atoms with E-state index in [0.717, 1.165) is 56.4 Å². The molecule has 107 heavy (non-hydrogen) atoms. The van der Waals surface area contributed by atoms with Gasteiger partial charge in [-0.25, -0.2) is 0 Å². The van der Waals surface area contributed by atoms with E-state index in [1.807, 2.05) is 85.2 Å². The van der Waals surface area contributed by atoms with Crippen LogP contribution < -0.4 is 32.8 Å². The second-order valence-electron chi connectivity index (χ2n) is 25.9. The van der Waals surface area contributed by atoms with Gasteiger partial charge < -0.3 is 4.74 Å². The van der Waals surface area contributed by atoms with Crippen LogP contribution in [0.15, 0.2) is 231 Å². The van der Waals surface area contributed by atoms with Gasteiger partial charge >= 0.3 is 91.4 Å². The molecule has 0 aliphatic carbocycles. The standard InChI is InChI=1S/C58H58B2N2.2C10H8N2.C4H8O2.2F6P.Ru/c1-35-25-39(5)55(40(6)26-35)59(56-41(7)27-36(2)28-42(56)8)51-19-13-47(14-20-51)49-17-23-53(61-33-49)54-24-18-50(34-62-54)48-15-21-52(22-16-48)60(57-43(9)29-37(3)30-44(57)10)58-45(11)31-38(4)32-46(58)12;2*1-3-7-11-9(5-1)10-6-2-4-8-12-10;1-3-6-4(2)5;2*1-7(2,3,4,5)6;/h13-34H,1-12H3;2*1-8H;3H2,1-2H3;;;/q;;;;2*-1;+2. The van der Waals surface area contributed by atoms with E-state index in [1.165, 1.54) is 106 Å². The molecular weight excluding hydrogens is 1510 g/mol. The van der Waals surface area contributed by atoms with Crippen LogP contribution >= 0.6 is 15.6 Å². The second kappa shape index (κ2) is 34.6. The number of ether oxygens (including phenoxy) is 1. The van der Waals surface area contributed by atoms with Crippen molar-refractivity contribution in [2.45, 2.75) is 96.9 Å². The average molecular weight is 1600 g/mol. The molecular formula is C82H82B2F12N6O2P2Ru. The molecule has 0 spiro atoms. The largest absolute Gasteiger partial charge is 2.00 e. The zero-order chi connectivity index (χ0) is 78.2. The van der Waals surface area contributed by atoms with Crippen molar-refractivity contribution in [3.05, 3.63) is 298 Å². The third-order valence-corrected chi connectivity index (χ3v) is 16.6. The van der Waals surface area contributed by atoms with Gasteiger partial charge in [0.2, 0.25) is 13.4 Å². The molecule has 12 aromatic rings. The van der Waals surface area contributed by atoms with E-state index in [1.54, 1.807) is 31.7 Å². The van der Waals surface area contributed by atoms with Gasteiger partial charge in [-0.1, -0.05) is 233 Å². The number of esters is 1. The van der Waals surface area contributed by atoms with Crippen molar-refractivity contribution in [1.82, 2.24) is 29.9 Å². The number of hydrogen-bond acceptors (Lipinski definition) is 8. The summed E-state index contributed by atoms with van der Waals surface area (Å²) in [6, 6.07) is 68.6. The Morgan fingerprint density at radius 3 is 0.682 bits per heavy atom. The van der Waals surface area contributed by atoms with E-state index in [0.29, 0.717) is 6.61 Å². The summed E-state index contributed by atoms with van der Waals surface area (Å²) in [6.45, 7) is 30.8. The molecule has 8 nitrogen and oxygen atoms in total. The number of hydrogen-bond donors (Lipinski definition) is 0. The molecule has 0 saturated carbocycles. The Morgan fingerprint density at radius 2 is 0.523 bits per heavy atom. The molecule has 0 N–H and O–H groups in total. The van der Waals surface area contributed by atoms with Crippen LogP contribution in [-0.4, -0.2) is 55.9 Å². The summed E-state index contributed by atoms with van der Waals surface area (Å²) in [5.74, 6) is -0.211. The molecule has 0 unspecified atom stereocenters. The molecule has 25 heteroatoms. The van der Waals surface area contributed by atoms with Crippen LogP contribution in [0.4, 0.5) is 50.4 Å². The monoisotopic (exact) mass is 1600 g/mol. The van der Waals surface area contributed by atoms with Gasteiger partial charge in [-0.2, -0.15) is 0 Å². The number of aryl methyl sites for hydroxylation is 12. The average Bonchev–Trinajstić information content (AvgIpc) is 0.790. The zero-order valence-electron chi connectivity index (χ0n) is 61.6. The van der Waals surface area contributed by atoms with Crippen LogP contribution in [0.2, 0.25) is 0 Å². The summed E-state index contributed by atoms with van der Waals surface area (Å²) in [7, 11) is -21.3. The van der Waals surface area contributed by atoms with Crippen LogP contribution in [0.1, 0.15) is 80.6 Å². The Bertz CT molecular complexity index is 4360. The van der Waals surface area contributed by atoms with Crippen LogP contribution in [0, 0.1) is 83.1 Å². The van der Waals surface area contributed by atoms with E-state index in [9.17, 15) is 55.2 Å². The van der Waals surface area contributed by atoms with Crippen LogP contribution in [0.3, 0.4) is 0 Å². The van der Waals surface area contributed by atoms with E-state index in [2.05, 4.69) is 229 Å². The molecule has 0 aliphatic rings. The Morgan fingerprint density at radius 1 is 0.318 bits per heavy atom. The first-order chi connectivity index (χ1) is 49.3. The fourth-order valence-corrected chi connectivity index (χ4v) is 13.0. The minimum Gasteiger partial charge on any atom is -0.255 e. The topological polar surface area (TPSA) is 104 Å². The summed E-state index contributed by atoms with van der Waals surface area (Å²) in [5, 5.41) is 0. The first kappa shape index (κ1) is 86.4. The quantitative estimate of drug-likeness (QED) is 0.0516. The molecule has 6 heterocycles. The van der Waals surface area contributed by atoms with E-state index < -0.39 is 15.6 Å². The normalized spacial score (nSPS) is 12.1. The third kappa shape index (κ3) is 28.6. The minimum absolute atomic E-state index is 0. The Kier molecular flexibility index (Phi) is 27.9. The molecule has 0 saturated heterocycles. The number of benzene rings is 6. The smallest absolute Gasteiger partial charge is 0.255 e. The van der Waals surface area contributed by atoms with Gasteiger partial charge in [0, 0.05) is 55.2 Å². The third-order valence-electron chi connectivity index (χ3n) is 16.6. The molecule has 0 bridgehead atoms. The Hall–Kier alpha value is -9.54. The fourth-order valence-electron chi connectivity index (χ4n) is 13.0. The van der Waals surface area contributed by atoms with Gasteiger partial charge in [0.15, 0.2) is 0 Å². The second-order valence-corrected chi connectivity index (χ2v) is 29.8. The molecule has 560 valence electrons. The van der Waals surface area contributed by atoms with Gasteiger partial charge in [-0.15, -0.1) is 0 Å². The summed E-state index contributed by atoms with van der Waals surface area (Å²) in [4.78, 5) is 36.4. The Balaban J connectivity index is 0.000000316. The zero-order valence-corrected chi connectivity index (χ0v) is 65.1. The maximum absolute atomic E-state index is 10.7. The predicted molar refractivity (Wildman–Crippen MR) is 415 cm³/mol. The van der Waals surface area contributed by atoms with Crippen molar-refractivity contribution in [3.63, 3.8) is 0 Å². The number of aromatic nitrogens is 6. The van der Waals surface area contributed by atoms with Gasteiger partial charge in [-0.05, 0) is 162 Å². The molecule has 6 aromatic carbocycles. The number of rotatable bonds is 12. The van der Waals surface area contributed by atoms with Gasteiger partial charge in [0.05, 0.1) is 40.8 Å². The van der Waals surface area contributed by atoms with Crippen molar-refractivity contribution in [3.8, 4) is 56.4 Å². The van der Waals surface area contributed by atoms with E-state index >= 15 is 0 Å². The number of halogens is 12. The first-order valence-electron chi connectivity index (χ1n) is 33.6. The van der Waals surface area contributed by atoms with Crippen LogP contribution in [0.5, 0.6) is 0 Å². The molecule has 6 aromatic heterocycles. The van der Waals surface area contributed by atoms with Crippen molar-refractivity contribution in [1.29, 1.82) is 0 Å². The van der Waals surface area contributed by atoms with Crippen molar-refractivity contribution < 1.29 is 79.4 Å². The predicted octanol–water partition coefficient (Wildman–Crippen LogP) is 21.8. The molecule has 0 aliphatic heterocycles. The molecule has 0 atom stereocenters. The maximum atomic E-state index is 9.87. The molecule has 0 amide bonds. The van der Waals surface area contributed by atoms with Crippen molar-refractivity contribution in [2.75, 3.05) is 6.61 Å². The molecule has 0 radical (unpaired) electrons.